The van der Waals surface area contributed by atoms with Crippen LogP contribution in [0, 0.1) is 13.8 Å². The molecule has 1 aromatic rings. The van der Waals surface area contributed by atoms with Gasteiger partial charge < -0.3 is 10.0 Å². The molecule has 2 unspecified atom stereocenters. The predicted octanol–water partition coefficient (Wildman–Crippen LogP) is 0.773. The van der Waals surface area contributed by atoms with Crippen molar-refractivity contribution in [2.75, 3.05) is 7.05 Å². The number of nitrogens with zero attached hydrogens (tertiary/aromatic N) is 3. The number of hydrogen-bond acceptors (Lipinski definition) is 4. The van der Waals surface area contributed by atoms with Gasteiger partial charge in [0.15, 0.2) is 0 Å². The van der Waals surface area contributed by atoms with Crippen LogP contribution in [0.25, 0.3) is 0 Å². The van der Waals surface area contributed by atoms with E-state index in [4.69, 9.17) is 0 Å². The van der Waals surface area contributed by atoms with Crippen LogP contribution in [0.1, 0.15) is 47.3 Å². The highest BCUT2D eigenvalue weighted by Gasteiger charge is 2.32. The molecule has 1 aliphatic carbocycles. The fourth-order valence-electron chi connectivity index (χ4n) is 2.97. The average molecular weight is 293 g/mol. The van der Waals surface area contributed by atoms with Gasteiger partial charge in [0.25, 0.3) is 11.5 Å². The summed E-state index contributed by atoms with van der Waals surface area (Å²) in [5, 5.41) is 14.2. The van der Waals surface area contributed by atoms with Gasteiger partial charge in [-0.15, -0.1) is 0 Å². The monoisotopic (exact) mass is 293 g/mol. The van der Waals surface area contributed by atoms with Crippen LogP contribution in [0.5, 0.6) is 0 Å². The number of aryl methyl sites for hydroxylation is 2. The molecule has 0 bridgehead atoms. The number of aromatic nitrogens is 2. The van der Waals surface area contributed by atoms with Crippen molar-refractivity contribution in [2.24, 2.45) is 7.05 Å². The smallest absolute Gasteiger partial charge is 0.279 e. The van der Waals surface area contributed by atoms with Gasteiger partial charge in [0, 0.05) is 14.1 Å². The second-order valence-electron chi connectivity index (χ2n) is 5.85. The minimum absolute atomic E-state index is 0.158. The third-order valence-electron chi connectivity index (χ3n) is 4.45. The van der Waals surface area contributed by atoms with Crippen LogP contribution in [0.15, 0.2) is 4.79 Å². The Balaban J connectivity index is 2.38. The van der Waals surface area contributed by atoms with Crippen LogP contribution in [0.2, 0.25) is 0 Å². The molecular formula is C15H23N3O3. The van der Waals surface area contributed by atoms with Crippen molar-refractivity contribution < 1.29 is 9.90 Å². The van der Waals surface area contributed by atoms with Crippen LogP contribution < -0.4 is 5.56 Å². The molecule has 2 rings (SSSR count). The van der Waals surface area contributed by atoms with Gasteiger partial charge >= 0.3 is 0 Å². The molecule has 0 aromatic carbocycles. The summed E-state index contributed by atoms with van der Waals surface area (Å²) in [4.78, 5) is 26.5. The Kier molecular flexibility index (Phi) is 4.46. The predicted molar refractivity (Wildman–Crippen MR) is 79.3 cm³/mol. The quantitative estimate of drug-likeness (QED) is 0.874. The lowest BCUT2D eigenvalue weighted by Crippen LogP contribution is -2.48. The third kappa shape index (κ3) is 2.85. The number of carbonyl (C=O) groups excluding carboxylic acids is 1. The van der Waals surface area contributed by atoms with E-state index in [-0.39, 0.29) is 23.1 Å². The number of likely N-dealkylation sites (N-methyl/N-ethyl adjacent to an activating group) is 1. The van der Waals surface area contributed by atoms with Gasteiger partial charge in [-0.2, -0.15) is 5.10 Å². The first kappa shape index (κ1) is 15.7. The summed E-state index contributed by atoms with van der Waals surface area (Å²) in [6.45, 7) is 3.52. The minimum Gasteiger partial charge on any atom is -0.391 e. The van der Waals surface area contributed by atoms with E-state index in [1.165, 1.54) is 9.58 Å². The maximum atomic E-state index is 12.7. The Labute approximate surface area is 124 Å². The van der Waals surface area contributed by atoms with Crippen molar-refractivity contribution in [2.45, 2.75) is 51.7 Å². The average Bonchev–Trinajstić information content (AvgIpc) is 2.45. The lowest BCUT2D eigenvalue weighted by Gasteiger charge is -2.35. The number of amides is 1. The zero-order valence-corrected chi connectivity index (χ0v) is 13.1. The van der Waals surface area contributed by atoms with Gasteiger partial charge in [-0.1, -0.05) is 12.8 Å². The van der Waals surface area contributed by atoms with E-state index in [9.17, 15) is 14.7 Å². The molecule has 21 heavy (non-hydrogen) atoms. The number of rotatable bonds is 2. The van der Waals surface area contributed by atoms with Crippen molar-refractivity contribution in [3.8, 4) is 0 Å². The molecule has 0 aliphatic heterocycles. The molecule has 1 N–H and O–H groups in total. The Bertz CT molecular complexity index is 609. The summed E-state index contributed by atoms with van der Waals surface area (Å²) in [7, 11) is 3.21. The van der Waals surface area contributed by atoms with E-state index in [1.807, 2.05) is 0 Å². The van der Waals surface area contributed by atoms with E-state index in [0.29, 0.717) is 17.7 Å². The van der Waals surface area contributed by atoms with Gasteiger partial charge in [-0.25, -0.2) is 4.68 Å². The van der Waals surface area contributed by atoms with Crippen molar-refractivity contribution in [3.63, 3.8) is 0 Å². The molecule has 1 fully saturated rings. The zero-order chi connectivity index (χ0) is 15.7. The summed E-state index contributed by atoms with van der Waals surface area (Å²) in [6, 6.07) is -0.219. The molecule has 6 nitrogen and oxygen atoms in total. The Morgan fingerprint density at radius 2 is 1.95 bits per heavy atom. The molecule has 0 spiro atoms. The number of aliphatic hydroxyl groups is 1. The zero-order valence-electron chi connectivity index (χ0n) is 13.1. The number of hydrogen-bond donors (Lipinski definition) is 1. The molecule has 0 saturated heterocycles. The highest BCUT2D eigenvalue weighted by Crippen LogP contribution is 2.23. The second-order valence-corrected chi connectivity index (χ2v) is 5.85. The molecule has 0 radical (unpaired) electrons. The van der Waals surface area contributed by atoms with Crippen molar-refractivity contribution in [3.05, 3.63) is 27.2 Å². The Hall–Kier alpha value is -1.69. The van der Waals surface area contributed by atoms with Crippen LogP contribution in [0.3, 0.4) is 0 Å². The number of aliphatic hydroxyl groups excluding tert-OH is 1. The molecule has 1 aromatic heterocycles. The lowest BCUT2D eigenvalue weighted by atomic mass is 9.91. The van der Waals surface area contributed by atoms with Gasteiger partial charge in [-0.3, -0.25) is 9.59 Å². The first-order chi connectivity index (χ1) is 9.84. The summed E-state index contributed by atoms with van der Waals surface area (Å²) < 4.78 is 1.20. The molecule has 1 heterocycles. The van der Waals surface area contributed by atoms with E-state index in [1.54, 1.807) is 27.9 Å². The SMILES string of the molecule is Cc1nn(C)c(=O)c(C(=O)N(C)C2CCCCC2O)c1C. The molecule has 1 saturated carbocycles. The number of carbonyl (C=O) groups is 1. The van der Waals surface area contributed by atoms with Crippen molar-refractivity contribution in [1.29, 1.82) is 0 Å². The highest BCUT2D eigenvalue weighted by atomic mass is 16.3. The van der Waals surface area contributed by atoms with Gasteiger partial charge in [0.1, 0.15) is 5.56 Å². The first-order valence-electron chi connectivity index (χ1n) is 7.34. The fourth-order valence-corrected chi connectivity index (χ4v) is 2.97. The van der Waals surface area contributed by atoms with Gasteiger partial charge in [-0.05, 0) is 32.3 Å². The van der Waals surface area contributed by atoms with E-state index >= 15 is 0 Å². The van der Waals surface area contributed by atoms with E-state index in [2.05, 4.69) is 5.10 Å². The summed E-state index contributed by atoms with van der Waals surface area (Å²) >= 11 is 0. The molecule has 116 valence electrons. The van der Waals surface area contributed by atoms with Crippen LogP contribution >= 0.6 is 0 Å². The fraction of sp³-hybridized carbons (Fsp3) is 0.667. The van der Waals surface area contributed by atoms with E-state index in [0.717, 1.165) is 19.3 Å². The van der Waals surface area contributed by atoms with Crippen LogP contribution in [0.4, 0.5) is 0 Å². The highest BCUT2D eigenvalue weighted by molar-refractivity contribution is 5.95. The summed E-state index contributed by atoms with van der Waals surface area (Å²) in [5.74, 6) is -0.329. The Morgan fingerprint density at radius 1 is 1.33 bits per heavy atom. The molecule has 2 atom stereocenters. The standard InChI is InChI=1S/C15H23N3O3/c1-9-10(2)16-18(4)15(21)13(9)14(20)17(3)11-7-5-6-8-12(11)19/h11-12,19H,5-8H2,1-4H3. The first-order valence-corrected chi connectivity index (χ1v) is 7.34. The largest absolute Gasteiger partial charge is 0.391 e. The topological polar surface area (TPSA) is 75.4 Å². The van der Waals surface area contributed by atoms with Crippen LogP contribution in [-0.4, -0.2) is 44.9 Å². The molecule has 6 heteroatoms. The maximum absolute atomic E-state index is 12.7. The van der Waals surface area contributed by atoms with Crippen molar-refractivity contribution >= 4 is 5.91 Å². The maximum Gasteiger partial charge on any atom is 0.279 e. The molecular weight excluding hydrogens is 270 g/mol. The second kappa shape index (κ2) is 5.97. The van der Waals surface area contributed by atoms with Crippen LogP contribution in [-0.2, 0) is 7.05 Å². The summed E-state index contributed by atoms with van der Waals surface area (Å²) in [5.41, 5.74) is 1.05. The molecule has 1 amide bonds. The normalized spacial score (nSPS) is 22.1. The minimum atomic E-state index is -0.514. The van der Waals surface area contributed by atoms with E-state index < -0.39 is 6.10 Å². The molecule has 1 aliphatic rings. The third-order valence-corrected chi connectivity index (χ3v) is 4.45. The van der Waals surface area contributed by atoms with Gasteiger partial charge in [0.2, 0.25) is 0 Å². The summed E-state index contributed by atoms with van der Waals surface area (Å²) in [6.07, 6.45) is 2.93. The Morgan fingerprint density at radius 3 is 2.57 bits per heavy atom. The van der Waals surface area contributed by atoms with Crippen molar-refractivity contribution in [1.82, 2.24) is 14.7 Å². The lowest BCUT2D eigenvalue weighted by molar-refractivity contribution is 0.0265. The van der Waals surface area contributed by atoms with Gasteiger partial charge in [0.05, 0.1) is 17.8 Å².